The number of rotatable bonds is 3. The molecule has 0 unspecified atom stereocenters. The summed E-state index contributed by atoms with van der Waals surface area (Å²) >= 11 is 5.87. The molecular weight excluding hydrogens is 251 g/mol. The Morgan fingerprint density at radius 2 is 1.94 bits per heavy atom. The van der Waals surface area contributed by atoms with Gasteiger partial charge in [-0.05, 0) is 36.2 Å². The van der Waals surface area contributed by atoms with Crippen molar-refractivity contribution in [2.24, 2.45) is 0 Å². The minimum atomic E-state index is -0.356. The van der Waals surface area contributed by atoms with Crippen molar-refractivity contribution in [2.45, 2.75) is 13.3 Å². The molecular formula is C15H12ClFO. The van der Waals surface area contributed by atoms with Gasteiger partial charge in [0.1, 0.15) is 5.82 Å². The predicted molar refractivity (Wildman–Crippen MR) is 70.6 cm³/mol. The van der Waals surface area contributed by atoms with Crippen molar-refractivity contribution in [1.82, 2.24) is 0 Å². The van der Waals surface area contributed by atoms with Crippen molar-refractivity contribution in [3.05, 3.63) is 70.0 Å². The number of carbonyl (C=O) groups is 1. The first-order valence-electron chi connectivity index (χ1n) is 5.60. The molecule has 0 aliphatic heterocycles. The summed E-state index contributed by atoms with van der Waals surface area (Å²) in [6, 6.07) is 11.4. The fourth-order valence-electron chi connectivity index (χ4n) is 1.80. The first kappa shape index (κ1) is 12.8. The molecule has 0 fully saturated rings. The van der Waals surface area contributed by atoms with E-state index in [2.05, 4.69) is 0 Å². The Kier molecular flexibility index (Phi) is 3.78. The van der Waals surface area contributed by atoms with Crippen LogP contribution in [0.1, 0.15) is 21.5 Å². The van der Waals surface area contributed by atoms with Crippen molar-refractivity contribution in [3.63, 3.8) is 0 Å². The van der Waals surface area contributed by atoms with Crippen LogP contribution in [-0.2, 0) is 6.42 Å². The third-order valence-electron chi connectivity index (χ3n) is 2.81. The molecule has 3 heteroatoms. The highest BCUT2D eigenvalue weighted by Gasteiger charge is 2.12. The summed E-state index contributed by atoms with van der Waals surface area (Å²) in [5.74, 6) is -0.481. The third-order valence-corrected chi connectivity index (χ3v) is 3.04. The fourth-order valence-corrected chi connectivity index (χ4v) is 1.98. The highest BCUT2D eigenvalue weighted by molar-refractivity contribution is 6.31. The number of halogens is 2. The van der Waals surface area contributed by atoms with Gasteiger partial charge in [-0.1, -0.05) is 35.9 Å². The predicted octanol–water partition coefficient (Wildman–Crippen LogP) is 4.21. The molecule has 0 aliphatic rings. The van der Waals surface area contributed by atoms with E-state index in [4.69, 9.17) is 11.6 Å². The quantitative estimate of drug-likeness (QED) is 0.757. The molecule has 18 heavy (non-hydrogen) atoms. The van der Waals surface area contributed by atoms with E-state index < -0.39 is 0 Å². The second-order valence-electron chi connectivity index (χ2n) is 4.15. The highest BCUT2D eigenvalue weighted by atomic mass is 35.5. The summed E-state index contributed by atoms with van der Waals surface area (Å²) in [5, 5.41) is 0.512. The van der Waals surface area contributed by atoms with Gasteiger partial charge in [0.15, 0.2) is 5.78 Å². The van der Waals surface area contributed by atoms with E-state index in [0.717, 1.165) is 5.56 Å². The molecule has 0 saturated heterocycles. The summed E-state index contributed by atoms with van der Waals surface area (Å²) in [7, 11) is 0. The maximum absolute atomic E-state index is 13.5. The number of carbonyl (C=O) groups excluding carboxylic acids is 1. The van der Waals surface area contributed by atoms with Crippen LogP contribution in [-0.4, -0.2) is 5.78 Å². The van der Waals surface area contributed by atoms with Gasteiger partial charge in [0.05, 0.1) is 0 Å². The summed E-state index contributed by atoms with van der Waals surface area (Å²) in [6.45, 7) is 1.84. The maximum Gasteiger partial charge on any atom is 0.167 e. The number of aryl methyl sites for hydroxylation is 1. The zero-order valence-corrected chi connectivity index (χ0v) is 10.7. The van der Waals surface area contributed by atoms with Gasteiger partial charge in [0.25, 0.3) is 0 Å². The molecule has 2 aromatic rings. The lowest BCUT2D eigenvalue weighted by Crippen LogP contribution is -2.07. The van der Waals surface area contributed by atoms with E-state index in [-0.39, 0.29) is 18.0 Å². The molecule has 0 saturated carbocycles. The van der Waals surface area contributed by atoms with Gasteiger partial charge in [-0.2, -0.15) is 0 Å². The molecule has 0 spiro atoms. The topological polar surface area (TPSA) is 17.1 Å². The average Bonchev–Trinajstić information content (AvgIpc) is 2.35. The van der Waals surface area contributed by atoms with Crippen molar-refractivity contribution < 1.29 is 9.18 Å². The minimum absolute atomic E-state index is 0.0495. The number of ketones is 1. The molecule has 0 N–H and O–H groups in total. The van der Waals surface area contributed by atoms with Crippen LogP contribution in [0.15, 0.2) is 42.5 Å². The Bertz CT molecular complexity index is 593. The standard InChI is InChI=1S/C15H12ClFO/c1-10-6-7-12(16)9-13(10)15(18)8-11-4-2-3-5-14(11)17/h2-7,9H,8H2,1H3. The summed E-state index contributed by atoms with van der Waals surface area (Å²) in [6.07, 6.45) is 0.0495. The SMILES string of the molecule is Cc1ccc(Cl)cc1C(=O)Cc1ccccc1F. The molecule has 1 nitrogen and oxygen atoms in total. The molecule has 0 amide bonds. The fraction of sp³-hybridized carbons (Fsp3) is 0.133. The number of hydrogen-bond donors (Lipinski definition) is 0. The lowest BCUT2D eigenvalue weighted by Gasteiger charge is -2.06. The Morgan fingerprint density at radius 3 is 2.67 bits per heavy atom. The van der Waals surface area contributed by atoms with E-state index in [1.54, 1.807) is 36.4 Å². The average molecular weight is 263 g/mol. The molecule has 0 aromatic heterocycles. The van der Waals surface area contributed by atoms with Crippen LogP contribution in [0.5, 0.6) is 0 Å². The van der Waals surface area contributed by atoms with Crippen molar-refractivity contribution in [1.29, 1.82) is 0 Å². The Morgan fingerprint density at radius 1 is 1.22 bits per heavy atom. The van der Waals surface area contributed by atoms with E-state index in [1.807, 2.05) is 6.92 Å². The van der Waals surface area contributed by atoms with Crippen LogP contribution >= 0.6 is 11.6 Å². The van der Waals surface area contributed by atoms with Crippen LogP contribution in [0.4, 0.5) is 4.39 Å². The van der Waals surface area contributed by atoms with Gasteiger partial charge in [-0.3, -0.25) is 4.79 Å². The van der Waals surface area contributed by atoms with Gasteiger partial charge in [-0.15, -0.1) is 0 Å². The van der Waals surface area contributed by atoms with Crippen LogP contribution < -0.4 is 0 Å². The van der Waals surface area contributed by atoms with Gasteiger partial charge in [0, 0.05) is 17.0 Å². The molecule has 0 radical (unpaired) electrons. The van der Waals surface area contributed by atoms with Gasteiger partial charge in [0.2, 0.25) is 0 Å². The molecule has 2 rings (SSSR count). The number of hydrogen-bond acceptors (Lipinski definition) is 1. The summed E-state index contributed by atoms with van der Waals surface area (Å²) in [4.78, 5) is 12.1. The van der Waals surface area contributed by atoms with Gasteiger partial charge < -0.3 is 0 Å². The monoisotopic (exact) mass is 262 g/mol. The van der Waals surface area contributed by atoms with Crippen LogP contribution in [0.2, 0.25) is 5.02 Å². The van der Waals surface area contributed by atoms with Crippen molar-refractivity contribution in [3.8, 4) is 0 Å². The lowest BCUT2D eigenvalue weighted by atomic mass is 9.99. The van der Waals surface area contributed by atoms with Gasteiger partial charge >= 0.3 is 0 Å². The molecule has 92 valence electrons. The van der Waals surface area contributed by atoms with E-state index >= 15 is 0 Å². The van der Waals surface area contributed by atoms with Crippen LogP contribution in [0.3, 0.4) is 0 Å². The Hall–Kier alpha value is -1.67. The van der Waals surface area contributed by atoms with E-state index in [9.17, 15) is 9.18 Å². The molecule has 2 aromatic carbocycles. The van der Waals surface area contributed by atoms with Crippen molar-refractivity contribution in [2.75, 3.05) is 0 Å². The highest BCUT2D eigenvalue weighted by Crippen LogP contribution is 2.18. The summed E-state index contributed by atoms with van der Waals surface area (Å²) < 4.78 is 13.5. The normalized spacial score (nSPS) is 10.4. The lowest BCUT2D eigenvalue weighted by molar-refractivity contribution is 0.0991. The first-order chi connectivity index (χ1) is 8.58. The number of benzene rings is 2. The zero-order valence-electron chi connectivity index (χ0n) is 9.91. The zero-order chi connectivity index (χ0) is 13.1. The molecule has 0 aliphatic carbocycles. The Balaban J connectivity index is 2.28. The van der Waals surface area contributed by atoms with E-state index in [1.165, 1.54) is 6.07 Å². The van der Waals surface area contributed by atoms with Crippen LogP contribution in [0, 0.1) is 12.7 Å². The minimum Gasteiger partial charge on any atom is -0.294 e. The molecule has 0 bridgehead atoms. The maximum atomic E-state index is 13.5. The Labute approximate surface area is 110 Å². The molecule has 0 atom stereocenters. The molecule has 0 heterocycles. The van der Waals surface area contributed by atoms with Crippen molar-refractivity contribution >= 4 is 17.4 Å². The summed E-state index contributed by atoms with van der Waals surface area (Å²) in [5.41, 5.74) is 1.80. The smallest absolute Gasteiger partial charge is 0.167 e. The first-order valence-corrected chi connectivity index (χ1v) is 5.98. The van der Waals surface area contributed by atoms with Gasteiger partial charge in [-0.25, -0.2) is 4.39 Å². The largest absolute Gasteiger partial charge is 0.294 e. The third kappa shape index (κ3) is 2.77. The van der Waals surface area contributed by atoms with Crippen LogP contribution in [0.25, 0.3) is 0 Å². The van der Waals surface area contributed by atoms with E-state index in [0.29, 0.717) is 16.1 Å². The second-order valence-corrected chi connectivity index (χ2v) is 4.59. The second kappa shape index (κ2) is 5.32. The number of Topliss-reactive ketones (excluding diaryl/α,β-unsaturated/α-hetero) is 1.